The Hall–Kier alpha value is -1.02. The van der Waals surface area contributed by atoms with Gasteiger partial charge in [-0.05, 0) is 37.9 Å². The van der Waals surface area contributed by atoms with Crippen LogP contribution in [0.4, 0.5) is 5.69 Å². The van der Waals surface area contributed by atoms with Crippen molar-refractivity contribution in [1.29, 1.82) is 0 Å². The van der Waals surface area contributed by atoms with Crippen LogP contribution in [0.1, 0.15) is 12.0 Å². The van der Waals surface area contributed by atoms with Crippen LogP contribution < -0.4 is 10.2 Å². The van der Waals surface area contributed by atoms with Crippen molar-refractivity contribution in [2.24, 2.45) is 5.92 Å². The number of hydrogen-bond acceptors (Lipinski definition) is 2. The molecule has 2 heteroatoms. The molecule has 0 saturated carbocycles. The number of benzene rings is 1. The Bertz CT molecular complexity index is 332. The van der Waals surface area contributed by atoms with E-state index in [4.69, 9.17) is 0 Å². The number of hydrogen-bond donors (Lipinski definition) is 1. The summed E-state index contributed by atoms with van der Waals surface area (Å²) in [6, 6.07) is 9.65. The molecule has 3 rings (SSSR count). The van der Waals surface area contributed by atoms with Gasteiger partial charge in [-0.25, -0.2) is 0 Å². The monoisotopic (exact) mass is 202 g/mol. The van der Waals surface area contributed by atoms with Crippen LogP contribution in [-0.2, 0) is 0 Å². The molecule has 80 valence electrons. The van der Waals surface area contributed by atoms with Gasteiger partial charge in [-0.1, -0.05) is 17.7 Å². The summed E-state index contributed by atoms with van der Waals surface area (Å²) in [4.78, 5) is 2.51. The number of fused-ring (bicyclic) bond motifs is 1. The molecule has 2 atom stereocenters. The molecule has 0 amide bonds. The summed E-state index contributed by atoms with van der Waals surface area (Å²) < 4.78 is 0. The van der Waals surface area contributed by atoms with E-state index in [1.165, 1.54) is 37.3 Å². The normalized spacial score (nSPS) is 29.5. The third kappa shape index (κ3) is 1.63. The van der Waals surface area contributed by atoms with Crippen molar-refractivity contribution in [3.63, 3.8) is 0 Å². The van der Waals surface area contributed by atoms with Crippen molar-refractivity contribution < 1.29 is 0 Å². The van der Waals surface area contributed by atoms with Crippen LogP contribution in [0.15, 0.2) is 24.3 Å². The first-order valence-electron chi connectivity index (χ1n) is 5.88. The van der Waals surface area contributed by atoms with E-state index in [-0.39, 0.29) is 0 Å². The number of nitrogens with zero attached hydrogens (tertiary/aromatic N) is 1. The summed E-state index contributed by atoms with van der Waals surface area (Å²) >= 11 is 0. The second-order valence-corrected chi connectivity index (χ2v) is 4.85. The lowest BCUT2D eigenvalue weighted by atomic mass is 10.1. The molecule has 2 nitrogen and oxygen atoms in total. The maximum atomic E-state index is 3.59. The lowest BCUT2D eigenvalue weighted by Gasteiger charge is -2.19. The van der Waals surface area contributed by atoms with Gasteiger partial charge < -0.3 is 10.2 Å². The van der Waals surface area contributed by atoms with Gasteiger partial charge in [0.1, 0.15) is 0 Å². The van der Waals surface area contributed by atoms with Crippen molar-refractivity contribution in [2.75, 3.05) is 24.5 Å². The summed E-state index contributed by atoms with van der Waals surface area (Å²) in [5.74, 6) is 0.881. The summed E-state index contributed by atoms with van der Waals surface area (Å²) in [5, 5.41) is 3.59. The summed E-state index contributed by atoms with van der Waals surface area (Å²) in [7, 11) is 0. The number of aryl methyl sites for hydroxylation is 1. The molecular formula is C13H18N2. The summed E-state index contributed by atoms with van der Waals surface area (Å²) in [6.07, 6.45) is 1.35. The summed E-state index contributed by atoms with van der Waals surface area (Å²) in [6.45, 7) is 5.79. The molecule has 1 aromatic rings. The van der Waals surface area contributed by atoms with Crippen molar-refractivity contribution in [2.45, 2.75) is 19.4 Å². The fourth-order valence-corrected chi connectivity index (χ4v) is 2.82. The van der Waals surface area contributed by atoms with Crippen LogP contribution in [0.2, 0.25) is 0 Å². The third-order valence-electron chi connectivity index (χ3n) is 3.76. The average Bonchev–Trinajstić information content (AvgIpc) is 2.78. The van der Waals surface area contributed by atoms with Crippen LogP contribution in [0.25, 0.3) is 0 Å². The maximum absolute atomic E-state index is 3.59. The Morgan fingerprint density at radius 2 is 2.00 bits per heavy atom. The molecule has 2 heterocycles. The standard InChI is InChI=1S/C13H18N2/c1-10-2-4-12(5-3-10)15-8-11-6-7-14-13(11)9-15/h2-5,11,13-14H,6-9H2,1H3. The van der Waals surface area contributed by atoms with Crippen LogP contribution in [0.5, 0.6) is 0 Å². The molecule has 0 spiro atoms. The molecule has 0 radical (unpaired) electrons. The highest BCUT2D eigenvalue weighted by Gasteiger charge is 2.35. The van der Waals surface area contributed by atoms with Crippen molar-refractivity contribution in [1.82, 2.24) is 5.32 Å². The van der Waals surface area contributed by atoms with Gasteiger partial charge in [-0.2, -0.15) is 0 Å². The Kier molecular flexibility index (Phi) is 2.17. The van der Waals surface area contributed by atoms with E-state index in [0.29, 0.717) is 0 Å². The minimum atomic E-state index is 0.742. The van der Waals surface area contributed by atoms with Gasteiger partial charge >= 0.3 is 0 Å². The first-order chi connectivity index (χ1) is 7.33. The Morgan fingerprint density at radius 3 is 2.73 bits per heavy atom. The van der Waals surface area contributed by atoms with E-state index >= 15 is 0 Å². The highest BCUT2D eigenvalue weighted by molar-refractivity contribution is 5.49. The zero-order valence-electron chi connectivity index (χ0n) is 9.24. The zero-order valence-corrected chi connectivity index (χ0v) is 9.24. The average molecular weight is 202 g/mol. The highest BCUT2D eigenvalue weighted by atomic mass is 15.2. The molecule has 2 aliphatic heterocycles. The number of nitrogens with one attached hydrogen (secondary N) is 1. The lowest BCUT2D eigenvalue weighted by molar-refractivity contribution is 0.556. The predicted molar refractivity (Wildman–Crippen MR) is 63.3 cm³/mol. The number of anilines is 1. The van der Waals surface area contributed by atoms with Gasteiger partial charge in [0.05, 0.1) is 0 Å². The SMILES string of the molecule is Cc1ccc(N2CC3CCNC3C2)cc1. The van der Waals surface area contributed by atoms with Crippen LogP contribution in [0.3, 0.4) is 0 Å². The van der Waals surface area contributed by atoms with Gasteiger partial charge in [0, 0.05) is 24.8 Å². The van der Waals surface area contributed by atoms with E-state index in [1.807, 2.05) is 0 Å². The summed E-state index contributed by atoms with van der Waals surface area (Å²) in [5.41, 5.74) is 2.73. The van der Waals surface area contributed by atoms with Crippen molar-refractivity contribution in [3.05, 3.63) is 29.8 Å². The second-order valence-electron chi connectivity index (χ2n) is 4.85. The van der Waals surface area contributed by atoms with E-state index in [2.05, 4.69) is 41.4 Å². The molecule has 1 N–H and O–H groups in total. The van der Waals surface area contributed by atoms with Crippen LogP contribution >= 0.6 is 0 Å². The van der Waals surface area contributed by atoms with Crippen LogP contribution in [0, 0.1) is 12.8 Å². The van der Waals surface area contributed by atoms with Gasteiger partial charge in [-0.15, -0.1) is 0 Å². The van der Waals surface area contributed by atoms with Gasteiger partial charge in [-0.3, -0.25) is 0 Å². The Labute approximate surface area is 91.3 Å². The maximum Gasteiger partial charge on any atom is 0.0367 e. The van der Waals surface area contributed by atoms with E-state index < -0.39 is 0 Å². The van der Waals surface area contributed by atoms with Crippen LogP contribution in [-0.4, -0.2) is 25.7 Å². The van der Waals surface area contributed by atoms with Crippen molar-refractivity contribution >= 4 is 5.69 Å². The topological polar surface area (TPSA) is 15.3 Å². The van der Waals surface area contributed by atoms with E-state index in [9.17, 15) is 0 Å². The molecule has 2 fully saturated rings. The van der Waals surface area contributed by atoms with Gasteiger partial charge in [0.15, 0.2) is 0 Å². The molecule has 2 unspecified atom stereocenters. The number of rotatable bonds is 1. The largest absolute Gasteiger partial charge is 0.370 e. The van der Waals surface area contributed by atoms with Crippen molar-refractivity contribution in [3.8, 4) is 0 Å². The smallest absolute Gasteiger partial charge is 0.0367 e. The molecule has 2 aliphatic rings. The molecule has 0 aliphatic carbocycles. The minimum absolute atomic E-state index is 0.742. The highest BCUT2D eigenvalue weighted by Crippen LogP contribution is 2.28. The second kappa shape index (κ2) is 3.53. The molecule has 1 aromatic carbocycles. The van der Waals surface area contributed by atoms with Gasteiger partial charge in [0.25, 0.3) is 0 Å². The predicted octanol–water partition coefficient (Wildman–Crippen LogP) is 1.79. The molecule has 0 aromatic heterocycles. The molecule has 15 heavy (non-hydrogen) atoms. The fourth-order valence-electron chi connectivity index (χ4n) is 2.82. The fraction of sp³-hybridized carbons (Fsp3) is 0.538. The first kappa shape index (κ1) is 9.22. The molecular weight excluding hydrogens is 184 g/mol. The zero-order chi connectivity index (χ0) is 10.3. The Balaban J connectivity index is 1.76. The molecule has 2 saturated heterocycles. The third-order valence-corrected chi connectivity index (χ3v) is 3.76. The minimum Gasteiger partial charge on any atom is -0.370 e. The Morgan fingerprint density at radius 1 is 1.20 bits per heavy atom. The van der Waals surface area contributed by atoms with E-state index in [0.717, 1.165) is 12.0 Å². The van der Waals surface area contributed by atoms with E-state index in [1.54, 1.807) is 0 Å². The molecule has 0 bridgehead atoms. The lowest BCUT2D eigenvalue weighted by Crippen LogP contribution is -2.30. The van der Waals surface area contributed by atoms with Gasteiger partial charge in [0.2, 0.25) is 0 Å². The first-order valence-corrected chi connectivity index (χ1v) is 5.88. The quantitative estimate of drug-likeness (QED) is 0.747.